The van der Waals surface area contributed by atoms with E-state index in [0.29, 0.717) is 12.3 Å². The highest BCUT2D eigenvalue weighted by Gasteiger charge is 2.22. The number of esters is 1. The molecule has 2 aromatic rings. The van der Waals surface area contributed by atoms with Gasteiger partial charge in [0.1, 0.15) is 11.6 Å². The van der Waals surface area contributed by atoms with E-state index in [9.17, 15) is 9.18 Å². The molecule has 0 N–H and O–H groups in total. The first-order valence-electron chi connectivity index (χ1n) is 8.02. The van der Waals surface area contributed by atoms with Gasteiger partial charge in [-0.05, 0) is 55.3 Å². The van der Waals surface area contributed by atoms with Gasteiger partial charge in [-0.25, -0.2) is 14.2 Å². The summed E-state index contributed by atoms with van der Waals surface area (Å²) in [5.74, 6) is 0.286. The molecule has 1 heterocycles. The van der Waals surface area contributed by atoms with Crippen LogP contribution in [0, 0.1) is 5.82 Å². The molecule has 1 aliphatic rings. The zero-order valence-corrected chi connectivity index (χ0v) is 14.0. The number of hydrogen-bond acceptors (Lipinski definition) is 4. The Labute approximate surface area is 145 Å². The number of cyclic esters (lactones) is 1. The molecule has 0 saturated heterocycles. The van der Waals surface area contributed by atoms with Crippen molar-refractivity contribution in [1.29, 1.82) is 0 Å². The van der Waals surface area contributed by atoms with Crippen molar-refractivity contribution in [3.63, 3.8) is 0 Å². The number of halogens is 1. The molecular weight excluding hydrogens is 321 g/mol. The van der Waals surface area contributed by atoms with E-state index in [1.54, 1.807) is 18.2 Å². The van der Waals surface area contributed by atoms with Crippen molar-refractivity contribution >= 4 is 17.9 Å². The van der Waals surface area contributed by atoms with E-state index in [2.05, 4.69) is 4.99 Å². The number of aliphatic imine (C=N–C) groups is 1. The van der Waals surface area contributed by atoms with Gasteiger partial charge >= 0.3 is 5.97 Å². The Hall–Kier alpha value is -2.95. The number of carbonyl (C=O) groups excluding carboxylic acids is 1. The minimum atomic E-state index is -0.486. The SMILES string of the molecule is CC(C)Oc1ccc(/C=C2/N=C(Cc3ccc(F)cc3)OC2=O)cc1. The summed E-state index contributed by atoms with van der Waals surface area (Å²) >= 11 is 0. The molecule has 5 heteroatoms. The fraction of sp³-hybridized carbons (Fsp3) is 0.200. The molecule has 0 fully saturated rings. The van der Waals surface area contributed by atoms with Gasteiger partial charge in [0.2, 0.25) is 5.90 Å². The van der Waals surface area contributed by atoms with Gasteiger partial charge in [0.15, 0.2) is 5.70 Å². The normalized spacial score (nSPS) is 15.4. The highest BCUT2D eigenvalue weighted by Crippen LogP contribution is 2.20. The second-order valence-corrected chi connectivity index (χ2v) is 5.96. The molecule has 0 saturated carbocycles. The molecule has 0 aromatic heterocycles. The van der Waals surface area contributed by atoms with E-state index >= 15 is 0 Å². The van der Waals surface area contributed by atoms with Crippen LogP contribution in [0.3, 0.4) is 0 Å². The topological polar surface area (TPSA) is 47.9 Å². The van der Waals surface area contributed by atoms with E-state index in [4.69, 9.17) is 9.47 Å². The molecule has 0 spiro atoms. The van der Waals surface area contributed by atoms with Crippen LogP contribution in [0.1, 0.15) is 25.0 Å². The second-order valence-electron chi connectivity index (χ2n) is 5.96. The van der Waals surface area contributed by atoms with Gasteiger partial charge in [0, 0.05) is 6.42 Å². The molecule has 0 radical (unpaired) electrons. The second kappa shape index (κ2) is 7.30. The number of nitrogens with zero attached hydrogens (tertiary/aromatic N) is 1. The third kappa shape index (κ3) is 4.53. The molecule has 3 rings (SSSR count). The summed E-state index contributed by atoms with van der Waals surface area (Å²) in [4.78, 5) is 16.2. The van der Waals surface area contributed by atoms with Crippen molar-refractivity contribution < 1.29 is 18.7 Å². The van der Waals surface area contributed by atoms with Gasteiger partial charge in [0.05, 0.1) is 6.10 Å². The van der Waals surface area contributed by atoms with Gasteiger partial charge in [0.25, 0.3) is 0 Å². The Morgan fingerprint density at radius 2 is 1.80 bits per heavy atom. The smallest absolute Gasteiger partial charge is 0.363 e. The molecular formula is C20H18FNO3. The first-order chi connectivity index (χ1) is 12.0. The predicted octanol–water partition coefficient (Wildman–Crippen LogP) is 4.15. The Bertz CT molecular complexity index is 821. The van der Waals surface area contributed by atoms with Crippen molar-refractivity contribution in [1.82, 2.24) is 0 Å². The van der Waals surface area contributed by atoms with Crippen LogP contribution < -0.4 is 4.74 Å². The lowest BCUT2D eigenvalue weighted by atomic mass is 10.1. The maximum absolute atomic E-state index is 12.9. The third-order valence-corrected chi connectivity index (χ3v) is 3.49. The largest absolute Gasteiger partial charge is 0.491 e. The first-order valence-corrected chi connectivity index (χ1v) is 8.02. The highest BCUT2D eigenvalue weighted by atomic mass is 19.1. The predicted molar refractivity (Wildman–Crippen MR) is 93.8 cm³/mol. The van der Waals surface area contributed by atoms with Gasteiger partial charge in [-0.1, -0.05) is 24.3 Å². The summed E-state index contributed by atoms with van der Waals surface area (Å²) in [6.45, 7) is 3.92. The molecule has 1 aliphatic heterocycles. The first kappa shape index (κ1) is 16.9. The summed E-state index contributed by atoms with van der Waals surface area (Å²) in [7, 11) is 0. The zero-order chi connectivity index (χ0) is 17.8. The van der Waals surface area contributed by atoms with Gasteiger partial charge in [-0.2, -0.15) is 0 Å². The fourth-order valence-corrected chi connectivity index (χ4v) is 2.38. The number of benzene rings is 2. The van der Waals surface area contributed by atoms with Crippen molar-refractivity contribution in [2.24, 2.45) is 4.99 Å². The highest BCUT2D eigenvalue weighted by molar-refractivity contribution is 6.07. The molecule has 25 heavy (non-hydrogen) atoms. The van der Waals surface area contributed by atoms with Crippen LogP contribution in [0.25, 0.3) is 6.08 Å². The Morgan fingerprint density at radius 1 is 1.12 bits per heavy atom. The molecule has 2 aromatic carbocycles. The number of rotatable bonds is 5. The minimum Gasteiger partial charge on any atom is -0.491 e. The monoisotopic (exact) mass is 339 g/mol. The fourth-order valence-electron chi connectivity index (χ4n) is 2.38. The van der Waals surface area contributed by atoms with E-state index in [1.807, 2.05) is 38.1 Å². The van der Waals surface area contributed by atoms with Crippen LogP contribution >= 0.6 is 0 Å². The quantitative estimate of drug-likeness (QED) is 0.607. The van der Waals surface area contributed by atoms with Gasteiger partial charge in [-0.15, -0.1) is 0 Å². The Kier molecular flexibility index (Phi) is 4.93. The van der Waals surface area contributed by atoms with E-state index in [0.717, 1.165) is 16.9 Å². The molecule has 0 aliphatic carbocycles. The molecule has 0 atom stereocenters. The van der Waals surface area contributed by atoms with Crippen molar-refractivity contribution in [3.05, 3.63) is 71.2 Å². The lowest BCUT2D eigenvalue weighted by Gasteiger charge is -2.09. The maximum atomic E-state index is 12.9. The average Bonchev–Trinajstić information content (AvgIpc) is 2.90. The molecule has 0 bridgehead atoms. The van der Waals surface area contributed by atoms with Gasteiger partial charge in [-0.3, -0.25) is 0 Å². The molecule has 0 amide bonds. The van der Waals surface area contributed by atoms with E-state index in [-0.39, 0.29) is 17.6 Å². The third-order valence-electron chi connectivity index (χ3n) is 3.49. The van der Waals surface area contributed by atoms with Gasteiger partial charge < -0.3 is 9.47 Å². The lowest BCUT2D eigenvalue weighted by Crippen LogP contribution is -2.06. The minimum absolute atomic E-state index is 0.104. The van der Waals surface area contributed by atoms with Crippen LogP contribution in [0.2, 0.25) is 0 Å². The summed E-state index contributed by atoms with van der Waals surface area (Å²) in [6, 6.07) is 13.4. The number of ether oxygens (including phenoxy) is 2. The van der Waals surface area contributed by atoms with Crippen LogP contribution in [0.4, 0.5) is 4.39 Å². The van der Waals surface area contributed by atoms with Crippen LogP contribution in [0.5, 0.6) is 5.75 Å². The summed E-state index contributed by atoms with van der Waals surface area (Å²) < 4.78 is 23.7. The summed E-state index contributed by atoms with van der Waals surface area (Å²) in [5.41, 5.74) is 1.90. The lowest BCUT2D eigenvalue weighted by molar-refractivity contribution is -0.130. The maximum Gasteiger partial charge on any atom is 0.363 e. The van der Waals surface area contributed by atoms with Crippen molar-refractivity contribution in [3.8, 4) is 5.75 Å². The average molecular weight is 339 g/mol. The summed E-state index contributed by atoms with van der Waals surface area (Å²) in [5, 5.41) is 0. The molecule has 4 nitrogen and oxygen atoms in total. The van der Waals surface area contributed by atoms with Crippen LogP contribution in [-0.2, 0) is 16.0 Å². The molecule has 128 valence electrons. The summed E-state index contributed by atoms with van der Waals surface area (Å²) in [6.07, 6.45) is 2.11. The van der Waals surface area contributed by atoms with Crippen molar-refractivity contribution in [2.45, 2.75) is 26.4 Å². The van der Waals surface area contributed by atoms with Crippen LogP contribution in [-0.4, -0.2) is 18.0 Å². The standard InChI is InChI=1S/C20H18FNO3/c1-13(2)24-17-9-5-14(6-10-17)11-18-20(23)25-19(22-18)12-15-3-7-16(21)8-4-15/h3-11,13H,12H2,1-2H3/b18-11+. The Morgan fingerprint density at radius 3 is 2.44 bits per heavy atom. The Balaban J connectivity index is 1.72. The van der Waals surface area contributed by atoms with Crippen molar-refractivity contribution in [2.75, 3.05) is 0 Å². The van der Waals surface area contributed by atoms with E-state index in [1.165, 1.54) is 12.1 Å². The number of hydrogen-bond donors (Lipinski definition) is 0. The zero-order valence-electron chi connectivity index (χ0n) is 14.0. The number of carbonyl (C=O) groups is 1. The molecule has 0 unspecified atom stereocenters. The van der Waals surface area contributed by atoms with E-state index < -0.39 is 5.97 Å². The van der Waals surface area contributed by atoms with Crippen LogP contribution in [0.15, 0.2) is 59.2 Å².